The summed E-state index contributed by atoms with van der Waals surface area (Å²) in [6.07, 6.45) is 3.66. The third kappa shape index (κ3) is 1.39. The van der Waals surface area contributed by atoms with Crippen LogP contribution in [-0.2, 0) is 0 Å². The second kappa shape index (κ2) is 3.40. The predicted molar refractivity (Wildman–Crippen MR) is 55.6 cm³/mol. The van der Waals surface area contributed by atoms with Gasteiger partial charge in [0.25, 0.3) is 0 Å². The molecule has 3 nitrogen and oxygen atoms in total. The number of pyridine rings is 1. The van der Waals surface area contributed by atoms with E-state index in [-0.39, 0.29) is 0 Å². The van der Waals surface area contributed by atoms with E-state index in [1.807, 2.05) is 12.1 Å². The van der Waals surface area contributed by atoms with E-state index in [0.29, 0.717) is 17.6 Å². The van der Waals surface area contributed by atoms with Gasteiger partial charge in [-0.1, -0.05) is 0 Å². The van der Waals surface area contributed by atoms with E-state index < -0.39 is 0 Å². The molecule has 1 saturated heterocycles. The quantitative estimate of drug-likeness (QED) is 0.667. The number of hydrogen-bond donors (Lipinski definition) is 0. The Kier molecular flexibility index (Phi) is 2.23. The van der Waals surface area contributed by atoms with Crippen LogP contribution in [0.3, 0.4) is 0 Å². The number of nitrogens with zero attached hydrogens (tertiary/aromatic N) is 2. The van der Waals surface area contributed by atoms with Gasteiger partial charge in [-0.25, -0.2) is 4.98 Å². The molecule has 3 heteroatoms. The molecule has 1 aromatic rings. The van der Waals surface area contributed by atoms with Crippen LogP contribution in [0.5, 0.6) is 0 Å². The highest BCUT2D eigenvalue weighted by atomic mass is 16.1. The average Bonchev–Trinajstić information content (AvgIpc) is 2.18. The minimum atomic E-state index is 0.569. The standard InChI is InChI=1S/C11H14N2O/c1-8-5-9(2)13(8)11-4-3-10(7-14)6-12-11/h3-4,6-9H,5H2,1-2H3/t8-,9-/m0/s1. The van der Waals surface area contributed by atoms with Crippen molar-refractivity contribution in [3.05, 3.63) is 23.9 Å². The van der Waals surface area contributed by atoms with Gasteiger partial charge in [0.2, 0.25) is 0 Å². The molecule has 1 fully saturated rings. The Labute approximate surface area is 83.8 Å². The summed E-state index contributed by atoms with van der Waals surface area (Å²) in [7, 11) is 0. The number of carbonyl (C=O) groups is 1. The summed E-state index contributed by atoms with van der Waals surface area (Å²) < 4.78 is 0. The van der Waals surface area contributed by atoms with Crippen LogP contribution in [0.25, 0.3) is 0 Å². The molecule has 74 valence electrons. The Morgan fingerprint density at radius 3 is 2.57 bits per heavy atom. The molecule has 0 spiro atoms. The normalized spacial score (nSPS) is 25.7. The van der Waals surface area contributed by atoms with Crippen LogP contribution in [0.2, 0.25) is 0 Å². The van der Waals surface area contributed by atoms with Crippen molar-refractivity contribution in [3.8, 4) is 0 Å². The van der Waals surface area contributed by atoms with Crippen molar-refractivity contribution < 1.29 is 4.79 Å². The summed E-state index contributed by atoms with van der Waals surface area (Å²) in [6, 6.07) is 4.86. The largest absolute Gasteiger partial charge is 0.351 e. The van der Waals surface area contributed by atoms with Crippen molar-refractivity contribution in [1.29, 1.82) is 0 Å². The first kappa shape index (κ1) is 9.19. The Morgan fingerprint density at radius 1 is 1.43 bits per heavy atom. The van der Waals surface area contributed by atoms with Crippen LogP contribution in [0.15, 0.2) is 18.3 Å². The van der Waals surface area contributed by atoms with Crippen molar-refractivity contribution >= 4 is 12.1 Å². The van der Waals surface area contributed by atoms with Crippen molar-refractivity contribution in [3.63, 3.8) is 0 Å². The maximum Gasteiger partial charge on any atom is 0.151 e. The number of aldehydes is 1. The van der Waals surface area contributed by atoms with Crippen LogP contribution < -0.4 is 4.90 Å². The van der Waals surface area contributed by atoms with Gasteiger partial charge in [-0.2, -0.15) is 0 Å². The fourth-order valence-corrected chi connectivity index (χ4v) is 2.09. The maximum absolute atomic E-state index is 10.4. The van der Waals surface area contributed by atoms with Gasteiger partial charge in [-0.3, -0.25) is 4.79 Å². The highest BCUT2D eigenvalue weighted by Gasteiger charge is 2.32. The lowest BCUT2D eigenvalue weighted by Crippen LogP contribution is -2.53. The van der Waals surface area contributed by atoms with Gasteiger partial charge in [0.15, 0.2) is 6.29 Å². The van der Waals surface area contributed by atoms with Gasteiger partial charge in [0.05, 0.1) is 0 Å². The minimum Gasteiger partial charge on any atom is -0.351 e. The van der Waals surface area contributed by atoms with Gasteiger partial charge in [0.1, 0.15) is 5.82 Å². The van der Waals surface area contributed by atoms with Crippen LogP contribution in [-0.4, -0.2) is 23.4 Å². The van der Waals surface area contributed by atoms with E-state index in [2.05, 4.69) is 23.7 Å². The van der Waals surface area contributed by atoms with E-state index in [9.17, 15) is 4.79 Å². The number of aromatic nitrogens is 1. The first-order valence-electron chi connectivity index (χ1n) is 4.92. The zero-order valence-electron chi connectivity index (χ0n) is 8.47. The molecule has 0 N–H and O–H groups in total. The van der Waals surface area contributed by atoms with Gasteiger partial charge in [-0.15, -0.1) is 0 Å². The Bertz CT molecular complexity index is 326. The minimum absolute atomic E-state index is 0.569. The molecule has 0 bridgehead atoms. The molecule has 0 aliphatic carbocycles. The van der Waals surface area contributed by atoms with Gasteiger partial charge >= 0.3 is 0 Å². The molecule has 2 atom stereocenters. The summed E-state index contributed by atoms with van der Waals surface area (Å²) >= 11 is 0. The van der Waals surface area contributed by atoms with Crippen molar-refractivity contribution in [2.24, 2.45) is 0 Å². The molecule has 14 heavy (non-hydrogen) atoms. The lowest BCUT2D eigenvalue weighted by Gasteiger charge is -2.46. The fraction of sp³-hybridized carbons (Fsp3) is 0.455. The first-order chi connectivity index (χ1) is 6.72. The second-order valence-electron chi connectivity index (χ2n) is 3.91. The van der Waals surface area contributed by atoms with Crippen LogP contribution in [0, 0.1) is 0 Å². The summed E-state index contributed by atoms with van der Waals surface area (Å²) in [5.41, 5.74) is 0.634. The van der Waals surface area contributed by atoms with E-state index in [4.69, 9.17) is 0 Å². The monoisotopic (exact) mass is 190 g/mol. The van der Waals surface area contributed by atoms with E-state index in [0.717, 1.165) is 12.1 Å². The van der Waals surface area contributed by atoms with Gasteiger partial charge in [0, 0.05) is 23.8 Å². The van der Waals surface area contributed by atoms with Crippen molar-refractivity contribution in [1.82, 2.24) is 4.98 Å². The highest BCUT2D eigenvalue weighted by molar-refractivity contribution is 5.74. The SMILES string of the molecule is C[C@H]1C[C@H](C)N1c1ccc(C=O)cn1. The number of anilines is 1. The van der Waals surface area contributed by atoms with Crippen molar-refractivity contribution in [2.45, 2.75) is 32.4 Å². The summed E-state index contributed by atoms with van der Waals surface area (Å²) in [5.74, 6) is 0.974. The summed E-state index contributed by atoms with van der Waals surface area (Å²) in [6.45, 7) is 4.38. The van der Waals surface area contributed by atoms with Crippen LogP contribution in [0.1, 0.15) is 30.6 Å². The Morgan fingerprint density at radius 2 is 2.14 bits per heavy atom. The molecule has 1 aliphatic rings. The second-order valence-corrected chi connectivity index (χ2v) is 3.91. The molecular weight excluding hydrogens is 176 g/mol. The average molecular weight is 190 g/mol. The fourth-order valence-electron chi connectivity index (χ4n) is 2.09. The molecular formula is C11H14N2O. The molecule has 0 amide bonds. The zero-order valence-corrected chi connectivity index (χ0v) is 8.47. The molecule has 0 unspecified atom stereocenters. The number of carbonyl (C=O) groups excluding carboxylic acids is 1. The Balaban J connectivity index is 2.20. The molecule has 0 saturated carbocycles. The third-order valence-electron chi connectivity index (χ3n) is 2.80. The molecule has 1 aromatic heterocycles. The predicted octanol–water partition coefficient (Wildman–Crippen LogP) is 1.88. The van der Waals surface area contributed by atoms with Crippen LogP contribution >= 0.6 is 0 Å². The van der Waals surface area contributed by atoms with E-state index >= 15 is 0 Å². The molecule has 2 rings (SSSR count). The highest BCUT2D eigenvalue weighted by Crippen LogP contribution is 2.29. The molecule has 2 heterocycles. The topological polar surface area (TPSA) is 33.2 Å². The van der Waals surface area contributed by atoms with Gasteiger partial charge in [-0.05, 0) is 32.4 Å². The first-order valence-corrected chi connectivity index (χ1v) is 4.92. The lowest BCUT2D eigenvalue weighted by molar-refractivity contribution is 0.112. The zero-order chi connectivity index (χ0) is 10.1. The van der Waals surface area contributed by atoms with Gasteiger partial charge < -0.3 is 4.90 Å². The summed E-state index contributed by atoms with van der Waals surface area (Å²) in [4.78, 5) is 17.0. The Hall–Kier alpha value is -1.38. The smallest absolute Gasteiger partial charge is 0.151 e. The van der Waals surface area contributed by atoms with E-state index in [1.54, 1.807) is 6.20 Å². The van der Waals surface area contributed by atoms with E-state index in [1.165, 1.54) is 6.42 Å². The molecule has 0 radical (unpaired) electrons. The third-order valence-corrected chi connectivity index (χ3v) is 2.80. The lowest BCUT2D eigenvalue weighted by atomic mass is 9.96. The number of hydrogen-bond acceptors (Lipinski definition) is 3. The molecule has 0 aromatic carbocycles. The van der Waals surface area contributed by atoms with Crippen molar-refractivity contribution in [2.75, 3.05) is 4.90 Å². The maximum atomic E-state index is 10.4. The number of rotatable bonds is 2. The molecule has 1 aliphatic heterocycles. The summed E-state index contributed by atoms with van der Waals surface area (Å²) in [5, 5.41) is 0. The van der Waals surface area contributed by atoms with Crippen LogP contribution in [0.4, 0.5) is 5.82 Å².